The van der Waals surface area contributed by atoms with Crippen molar-refractivity contribution in [3.8, 4) is 0 Å². The highest BCUT2D eigenvalue weighted by molar-refractivity contribution is 5.85. The standard InChI is InChI=1S/C13H16N2O.ClH/c1-15-8-11(12-9-16-7-6-14-12)10-4-2-3-5-13(10)15;/h2-5,8,12,14H,6-7,9H2,1H3;1H/t12-;/m1./s1. The van der Waals surface area contributed by atoms with Gasteiger partial charge < -0.3 is 14.6 Å². The molecule has 1 saturated heterocycles. The minimum Gasteiger partial charge on any atom is -0.378 e. The third kappa shape index (κ3) is 2.18. The molecule has 0 unspecified atom stereocenters. The molecule has 0 bridgehead atoms. The van der Waals surface area contributed by atoms with E-state index < -0.39 is 0 Å². The number of hydrogen-bond donors (Lipinski definition) is 1. The molecule has 1 N–H and O–H groups in total. The molecular formula is C13H17ClN2O. The zero-order valence-electron chi connectivity index (χ0n) is 9.85. The van der Waals surface area contributed by atoms with E-state index in [0.29, 0.717) is 6.04 Å². The monoisotopic (exact) mass is 252 g/mol. The number of para-hydroxylation sites is 1. The molecule has 0 radical (unpaired) electrons. The van der Waals surface area contributed by atoms with Gasteiger partial charge in [-0.15, -0.1) is 12.4 Å². The van der Waals surface area contributed by atoms with Crippen molar-refractivity contribution in [2.45, 2.75) is 6.04 Å². The first kappa shape index (κ1) is 12.4. The number of hydrogen-bond acceptors (Lipinski definition) is 2. The van der Waals surface area contributed by atoms with E-state index in [0.717, 1.165) is 19.8 Å². The van der Waals surface area contributed by atoms with Gasteiger partial charge in [0.2, 0.25) is 0 Å². The van der Waals surface area contributed by atoms with E-state index in [1.165, 1.54) is 16.5 Å². The summed E-state index contributed by atoms with van der Waals surface area (Å²) < 4.78 is 7.70. The van der Waals surface area contributed by atoms with E-state index in [1.54, 1.807) is 0 Å². The molecule has 17 heavy (non-hydrogen) atoms. The van der Waals surface area contributed by atoms with Gasteiger partial charge in [-0.2, -0.15) is 0 Å². The fourth-order valence-electron chi connectivity index (χ4n) is 2.42. The van der Waals surface area contributed by atoms with E-state index >= 15 is 0 Å². The lowest BCUT2D eigenvalue weighted by Gasteiger charge is -2.23. The minimum absolute atomic E-state index is 0. The Bertz CT molecular complexity index is 503. The van der Waals surface area contributed by atoms with Crippen LogP contribution in [0, 0.1) is 0 Å². The molecular weight excluding hydrogens is 236 g/mol. The van der Waals surface area contributed by atoms with Gasteiger partial charge in [-0.25, -0.2) is 0 Å². The van der Waals surface area contributed by atoms with Gasteiger partial charge in [0.1, 0.15) is 0 Å². The number of aromatic nitrogens is 1. The quantitative estimate of drug-likeness (QED) is 0.843. The zero-order chi connectivity index (χ0) is 11.0. The van der Waals surface area contributed by atoms with Crippen molar-refractivity contribution >= 4 is 23.3 Å². The van der Waals surface area contributed by atoms with Crippen molar-refractivity contribution in [3.63, 3.8) is 0 Å². The highest BCUT2D eigenvalue weighted by Gasteiger charge is 2.19. The van der Waals surface area contributed by atoms with Crippen LogP contribution in [0.15, 0.2) is 30.5 Å². The van der Waals surface area contributed by atoms with Crippen molar-refractivity contribution in [2.24, 2.45) is 7.05 Å². The van der Waals surface area contributed by atoms with Crippen LogP contribution in [0.2, 0.25) is 0 Å². The summed E-state index contributed by atoms with van der Waals surface area (Å²) in [5.41, 5.74) is 2.63. The third-order valence-corrected chi connectivity index (χ3v) is 3.22. The topological polar surface area (TPSA) is 26.2 Å². The molecule has 0 amide bonds. The summed E-state index contributed by atoms with van der Waals surface area (Å²) in [6, 6.07) is 8.84. The predicted molar refractivity (Wildman–Crippen MR) is 71.7 cm³/mol. The van der Waals surface area contributed by atoms with Crippen molar-refractivity contribution in [2.75, 3.05) is 19.8 Å². The number of rotatable bonds is 1. The molecule has 1 aliphatic rings. The molecule has 3 nitrogen and oxygen atoms in total. The first-order valence-corrected chi connectivity index (χ1v) is 5.71. The van der Waals surface area contributed by atoms with Gasteiger partial charge in [-0.05, 0) is 11.6 Å². The number of ether oxygens (including phenoxy) is 1. The predicted octanol–water partition coefficient (Wildman–Crippen LogP) is 2.26. The summed E-state index contributed by atoms with van der Waals surface area (Å²) in [6.45, 7) is 2.53. The van der Waals surface area contributed by atoms with Crippen LogP contribution in [0.5, 0.6) is 0 Å². The summed E-state index contributed by atoms with van der Waals surface area (Å²) in [5, 5.41) is 4.83. The molecule has 2 heterocycles. The Morgan fingerprint density at radius 1 is 1.35 bits per heavy atom. The highest BCUT2D eigenvalue weighted by atomic mass is 35.5. The number of benzene rings is 1. The molecule has 1 fully saturated rings. The van der Waals surface area contributed by atoms with Crippen LogP contribution < -0.4 is 5.32 Å². The number of nitrogens with zero attached hydrogens (tertiary/aromatic N) is 1. The van der Waals surface area contributed by atoms with Crippen LogP contribution in [0.25, 0.3) is 10.9 Å². The Morgan fingerprint density at radius 3 is 2.94 bits per heavy atom. The molecule has 1 atom stereocenters. The van der Waals surface area contributed by atoms with E-state index in [2.05, 4.69) is 47.4 Å². The normalized spacial score (nSPS) is 20.2. The molecule has 0 spiro atoms. The number of morpholine rings is 1. The fraction of sp³-hybridized carbons (Fsp3) is 0.385. The van der Waals surface area contributed by atoms with Crippen LogP contribution in [0.3, 0.4) is 0 Å². The van der Waals surface area contributed by atoms with Gasteiger partial charge in [0.25, 0.3) is 0 Å². The smallest absolute Gasteiger partial charge is 0.0662 e. The van der Waals surface area contributed by atoms with Crippen molar-refractivity contribution in [1.82, 2.24) is 9.88 Å². The minimum atomic E-state index is 0. The Balaban J connectivity index is 0.00000108. The second kappa shape index (κ2) is 5.08. The number of fused-ring (bicyclic) bond motifs is 1. The summed E-state index contributed by atoms with van der Waals surface area (Å²) >= 11 is 0. The first-order chi connectivity index (χ1) is 7.86. The zero-order valence-corrected chi connectivity index (χ0v) is 10.7. The van der Waals surface area contributed by atoms with Gasteiger partial charge in [0.05, 0.1) is 19.3 Å². The Kier molecular flexibility index (Phi) is 3.72. The van der Waals surface area contributed by atoms with Crippen LogP contribution in [-0.4, -0.2) is 24.3 Å². The molecule has 1 aliphatic heterocycles. The highest BCUT2D eigenvalue weighted by Crippen LogP contribution is 2.26. The summed E-state index contributed by atoms with van der Waals surface area (Å²) in [4.78, 5) is 0. The summed E-state index contributed by atoms with van der Waals surface area (Å²) in [7, 11) is 2.09. The number of nitrogens with one attached hydrogen (secondary N) is 1. The van der Waals surface area contributed by atoms with Crippen LogP contribution in [0.1, 0.15) is 11.6 Å². The number of halogens is 1. The van der Waals surface area contributed by atoms with Crippen molar-refractivity contribution in [1.29, 1.82) is 0 Å². The maximum atomic E-state index is 5.52. The molecule has 1 aromatic heterocycles. The largest absolute Gasteiger partial charge is 0.378 e. The van der Waals surface area contributed by atoms with Crippen LogP contribution in [-0.2, 0) is 11.8 Å². The van der Waals surface area contributed by atoms with Gasteiger partial charge >= 0.3 is 0 Å². The fourth-order valence-corrected chi connectivity index (χ4v) is 2.42. The third-order valence-electron chi connectivity index (χ3n) is 3.22. The van der Waals surface area contributed by atoms with Crippen molar-refractivity contribution in [3.05, 3.63) is 36.0 Å². The maximum Gasteiger partial charge on any atom is 0.0662 e. The molecule has 1 aromatic carbocycles. The lowest BCUT2D eigenvalue weighted by Crippen LogP contribution is -2.34. The van der Waals surface area contributed by atoms with Crippen molar-refractivity contribution < 1.29 is 4.74 Å². The molecule has 2 aromatic rings. The van der Waals surface area contributed by atoms with E-state index in [-0.39, 0.29) is 12.4 Å². The maximum absolute atomic E-state index is 5.52. The first-order valence-electron chi connectivity index (χ1n) is 5.71. The van der Waals surface area contributed by atoms with Crippen LogP contribution >= 0.6 is 12.4 Å². The molecule has 0 saturated carbocycles. The van der Waals surface area contributed by atoms with E-state index in [9.17, 15) is 0 Å². The SMILES string of the molecule is Cl.Cn1cc([C@H]2COCCN2)c2ccccc21. The van der Waals surface area contributed by atoms with Crippen LogP contribution in [0.4, 0.5) is 0 Å². The Morgan fingerprint density at radius 2 is 2.18 bits per heavy atom. The van der Waals surface area contributed by atoms with Gasteiger partial charge in [0.15, 0.2) is 0 Å². The lowest BCUT2D eigenvalue weighted by molar-refractivity contribution is 0.0772. The van der Waals surface area contributed by atoms with Gasteiger partial charge in [-0.1, -0.05) is 18.2 Å². The van der Waals surface area contributed by atoms with E-state index in [1.807, 2.05) is 0 Å². The molecule has 92 valence electrons. The average molecular weight is 253 g/mol. The van der Waals surface area contributed by atoms with E-state index in [4.69, 9.17) is 4.74 Å². The van der Waals surface area contributed by atoms with Gasteiger partial charge in [-0.3, -0.25) is 0 Å². The second-order valence-electron chi connectivity index (χ2n) is 4.29. The van der Waals surface area contributed by atoms with Gasteiger partial charge in [0, 0.05) is 30.7 Å². The molecule has 4 heteroatoms. The Hall–Kier alpha value is -1.03. The molecule has 0 aliphatic carbocycles. The summed E-state index contributed by atoms with van der Waals surface area (Å²) in [5.74, 6) is 0. The number of aryl methyl sites for hydroxylation is 1. The lowest BCUT2D eigenvalue weighted by atomic mass is 10.1. The average Bonchev–Trinajstić information content (AvgIpc) is 2.69. The summed E-state index contributed by atoms with van der Waals surface area (Å²) in [6.07, 6.45) is 2.21. The second-order valence-corrected chi connectivity index (χ2v) is 4.29. The Labute approximate surface area is 107 Å². The molecule has 3 rings (SSSR count).